The molecule has 3 aromatic rings. The maximum atomic E-state index is 11.8. The van der Waals surface area contributed by atoms with Gasteiger partial charge in [0.25, 0.3) is 5.91 Å². The van der Waals surface area contributed by atoms with Crippen molar-refractivity contribution >= 4 is 44.5 Å². The lowest BCUT2D eigenvalue weighted by atomic mass is 10.0. The molecule has 0 aliphatic carbocycles. The number of hydrogen-bond acceptors (Lipinski definition) is 6. The highest BCUT2D eigenvalue weighted by atomic mass is 79.9. The largest absolute Gasteiger partial charge is 0.381 e. The summed E-state index contributed by atoms with van der Waals surface area (Å²) < 4.78 is 0.866. The minimum atomic E-state index is -0.483. The predicted octanol–water partition coefficient (Wildman–Crippen LogP) is 2.30. The molecule has 0 saturated carbocycles. The molecule has 4 N–H and O–H groups in total. The Balaban J connectivity index is 1.50. The van der Waals surface area contributed by atoms with Crippen LogP contribution in [-0.4, -0.2) is 45.0 Å². The number of aromatic amines is 1. The van der Waals surface area contributed by atoms with Gasteiger partial charge in [0.1, 0.15) is 5.65 Å². The molecule has 3 aromatic heterocycles. The monoisotopic (exact) mass is 415 g/mol. The Morgan fingerprint density at radius 1 is 1.23 bits per heavy atom. The van der Waals surface area contributed by atoms with Gasteiger partial charge >= 0.3 is 0 Å². The lowest BCUT2D eigenvalue weighted by molar-refractivity contribution is 0.100. The molecule has 8 nitrogen and oxygen atoms in total. The highest BCUT2D eigenvalue weighted by Crippen LogP contribution is 2.28. The molecule has 0 aromatic carbocycles. The Labute approximate surface area is 158 Å². The predicted molar refractivity (Wildman–Crippen MR) is 103 cm³/mol. The van der Waals surface area contributed by atoms with Crippen LogP contribution in [0.25, 0.3) is 11.0 Å². The van der Waals surface area contributed by atoms with Crippen LogP contribution >= 0.6 is 15.9 Å². The van der Waals surface area contributed by atoms with E-state index in [0.717, 1.165) is 53.1 Å². The van der Waals surface area contributed by atoms with Crippen molar-refractivity contribution in [3.05, 3.63) is 40.9 Å². The summed E-state index contributed by atoms with van der Waals surface area (Å²) in [6, 6.07) is 2.14. The first-order chi connectivity index (χ1) is 12.6. The summed E-state index contributed by atoms with van der Waals surface area (Å²) in [5.41, 5.74) is 7.43. The third kappa shape index (κ3) is 3.22. The molecule has 0 radical (unpaired) electrons. The van der Waals surface area contributed by atoms with Crippen molar-refractivity contribution in [3.8, 4) is 0 Å². The number of fused-ring (bicyclic) bond motifs is 1. The molecule has 1 aliphatic rings. The van der Waals surface area contributed by atoms with Gasteiger partial charge in [-0.25, -0.2) is 15.0 Å². The number of carbonyl (C=O) groups is 1. The molecule has 1 saturated heterocycles. The maximum absolute atomic E-state index is 11.8. The second-order valence-corrected chi connectivity index (χ2v) is 7.17. The van der Waals surface area contributed by atoms with Crippen LogP contribution in [0.2, 0.25) is 0 Å². The summed E-state index contributed by atoms with van der Waals surface area (Å²) >= 11 is 3.35. The van der Waals surface area contributed by atoms with E-state index < -0.39 is 5.91 Å². The molecule has 4 rings (SSSR count). The number of nitrogens with zero attached hydrogens (tertiary/aromatic N) is 4. The van der Waals surface area contributed by atoms with Crippen molar-refractivity contribution in [1.82, 2.24) is 19.9 Å². The van der Waals surface area contributed by atoms with Gasteiger partial charge in [0, 0.05) is 49.3 Å². The Morgan fingerprint density at radius 2 is 1.96 bits per heavy atom. The topological polar surface area (TPSA) is 113 Å². The zero-order valence-corrected chi connectivity index (χ0v) is 15.5. The summed E-state index contributed by atoms with van der Waals surface area (Å²) in [4.78, 5) is 30.0. The number of aromatic nitrogens is 4. The number of nitrogens with one attached hydrogen (secondary N) is 2. The molecule has 0 atom stereocenters. The average Bonchev–Trinajstić information content (AvgIpc) is 3.12. The molecule has 1 amide bonds. The highest BCUT2D eigenvalue weighted by Gasteiger charge is 2.23. The van der Waals surface area contributed by atoms with Gasteiger partial charge in [0.15, 0.2) is 0 Å². The first-order valence-corrected chi connectivity index (χ1v) is 9.16. The quantitative estimate of drug-likeness (QED) is 0.602. The lowest BCUT2D eigenvalue weighted by Gasteiger charge is -2.33. The smallest absolute Gasteiger partial charge is 0.252 e. The van der Waals surface area contributed by atoms with E-state index in [0.29, 0.717) is 5.56 Å². The standard InChI is InChI=1S/C17H18BrN7O/c18-10-7-22-17(23-8-10)25-5-2-11(3-6-25)24-14-12-1-4-20-16(12)21-9-13(14)15(19)26/h1,4,7-9,11H,2-3,5-6H2,(H2,19,26)(H2,20,21,24). The van der Waals surface area contributed by atoms with Gasteiger partial charge in [-0.05, 0) is 34.8 Å². The average molecular weight is 416 g/mol. The van der Waals surface area contributed by atoms with Crippen LogP contribution in [-0.2, 0) is 0 Å². The molecule has 9 heteroatoms. The van der Waals surface area contributed by atoms with Gasteiger partial charge in [-0.15, -0.1) is 0 Å². The molecular formula is C17H18BrN7O. The fourth-order valence-electron chi connectivity index (χ4n) is 3.25. The Kier molecular flexibility index (Phi) is 4.46. The minimum Gasteiger partial charge on any atom is -0.381 e. The fraction of sp³-hybridized carbons (Fsp3) is 0.294. The second-order valence-electron chi connectivity index (χ2n) is 6.26. The number of carbonyl (C=O) groups excluding carboxylic acids is 1. The van der Waals surface area contributed by atoms with E-state index in [4.69, 9.17) is 5.73 Å². The number of pyridine rings is 1. The van der Waals surface area contributed by atoms with Crippen LogP contribution < -0.4 is 16.0 Å². The summed E-state index contributed by atoms with van der Waals surface area (Å²) in [5, 5.41) is 4.38. The van der Waals surface area contributed by atoms with Crippen molar-refractivity contribution in [1.29, 1.82) is 0 Å². The van der Waals surface area contributed by atoms with Crippen molar-refractivity contribution in [2.24, 2.45) is 5.73 Å². The van der Waals surface area contributed by atoms with Gasteiger partial charge < -0.3 is 20.9 Å². The van der Waals surface area contributed by atoms with E-state index >= 15 is 0 Å². The molecule has 26 heavy (non-hydrogen) atoms. The summed E-state index contributed by atoms with van der Waals surface area (Å²) in [6.45, 7) is 1.68. The van der Waals surface area contributed by atoms with Gasteiger partial charge in [-0.3, -0.25) is 4.79 Å². The van der Waals surface area contributed by atoms with Crippen LogP contribution in [0.15, 0.2) is 35.3 Å². The fourth-order valence-corrected chi connectivity index (χ4v) is 3.45. The van der Waals surface area contributed by atoms with E-state index in [9.17, 15) is 4.79 Å². The maximum Gasteiger partial charge on any atom is 0.252 e. The number of H-pyrrole nitrogens is 1. The van der Waals surface area contributed by atoms with Crippen LogP contribution in [0.3, 0.4) is 0 Å². The summed E-state index contributed by atoms with van der Waals surface area (Å²) in [7, 11) is 0. The number of nitrogens with two attached hydrogens (primary N) is 1. The van der Waals surface area contributed by atoms with Gasteiger partial charge in [0.2, 0.25) is 5.95 Å². The minimum absolute atomic E-state index is 0.236. The Morgan fingerprint density at radius 3 is 2.65 bits per heavy atom. The van der Waals surface area contributed by atoms with Crippen molar-refractivity contribution in [2.45, 2.75) is 18.9 Å². The van der Waals surface area contributed by atoms with Crippen molar-refractivity contribution in [2.75, 3.05) is 23.3 Å². The number of piperidine rings is 1. The number of amides is 1. The summed E-state index contributed by atoms with van der Waals surface area (Å²) in [5.74, 6) is 0.255. The Hall–Kier alpha value is -2.68. The molecule has 134 valence electrons. The third-order valence-corrected chi connectivity index (χ3v) is 4.99. The number of primary amides is 1. The molecule has 1 fully saturated rings. The normalized spacial score (nSPS) is 15.3. The molecule has 4 heterocycles. The zero-order chi connectivity index (χ0) is 18.1. The van der Waals surface area contributed by atoms with Crippen LogP contribution in [0.5, 0.6) is 0 Å². The number of rotatable bonds is 4. The molecule has 1 aliphatic heterocycles. The zero-order valence-electron chi connectivity index (χ0n) is 13.9. The van der Waals surface area contributed by atoms with E-state index in [1.807, 2.05) is 6.07 Å². The molecule has 0 spiro atoms. The lowest BCUT2D eigenvalue weighted by Crippen LogP contribution is -2.40. The van der Waals surface area contributed by atoms with E-state index in [1.165, 1.54) is 6.20 Å². The Bertz CT molecular complexity index is 932. The van der Waals surface area contributed by atoms with E-state index in [-0.39, 0.29) is 6.04 Å². The van der Waals surface area contributed by atoms with Crippen molar-refractivity contribution in [3.63, 3.8) is 0 Å². The number of halogens is 1. The van der Waals surface area contributed by atoms with Crippen LogP contribution in [0.1, 0.15) is 23.2 Å². The SMILES string of the molecule is NC(=O)c1cnc2[nH]ccc2c1NC1CCN(c2ncc(Br)cn2)CC1. The van der Waals surface area contributed by atoms with Crippen LogP contribution in [0.4, 0.5) is 11.6 Å². The molecule has 0 bridgehead atoms. The molecule has 0 unspecified atom stereocenters. The second kappa shape index (κ2) is 6.91. The number of hydrogen-bond donors (Lipinski definition) is 3. The number of anilines is 2. The molecular weight excluding hydrogens is 398 g/mol. The van der Waals surface area contributed by atoms with Crippen molar-refractivity contribution < 1.29 is 4.79 Å². The van der Waals surface area contributed by atoms with E-state index in [2.05, 4.69) is 46.1 Å². The summed E-state index contributed by atoms with van der Waals surface area (Å²) in [6.07, 6.45) is 8.66. The third-order valence-electron chi connectivity index (χ3n) is 4.59. The first-order valence-electron chi connectivity index (χ1n) is 8.37. The van der Waals surface area contributed by atoms with Gasteiger partial charge in [-0.1, -0.05) is 0 Å². The highest BCUT2D eigenvalue weighted by molar-refractivity contribution is 9.10. The van der Waals surface area contributed by atoms with Crippen LogP contribution in [0, 0.1) is 0 Å². The van der Waals surface area contributed by atoms with Gasteiger partial charge in [0.05, 0.1) is 15.7 Å². The first kappa shape index (κ1) is 16.8. The van der Waals surface area contributed by atoms with Gasteiger partial charge in [-0.2, -0.15) is 0 Å². The van der Waals surface area contributed by atoms with E-state index in [1.54, 1.807) is 18.6 Å².